The van der Waals surface area contributed by atoms with Crippen LogP contribution >= 0.6 is 34.5 Å². The number of fused-ring (bicyclic) bond motifs is 1. The van der Waals surface area contributed by atoms with E-state index in [2.05, 4.69) is 18.2 Å². The molecule has 102 valence electrons. The van der Waals surface area contributed by atoms with Crippen molar-refractivity contribution < 1.29 is 0 Å². The molecular formula is C16H13Cl2NS. The van der Waals surface area contributed by atoms with Crippen molar-refractivity contribution in [3.8, 4) is 0 Å². The normalized spacial score (nSPS) is 12.8. The van der Waals surface area contributed by atoms with Crippen molar-refractivity contribution in [2.45, 2.75) is 12.5 Å². The van der Waals surface area contributed by atoms with E-state index in [-0.39, 0.29) is 6.04 Å². The Morgan fingerprint density at radius 2 is 1.70 bits per heavy atom. The van der Waals surface area contributed by atoms with E-state index in [9.17, 15) is 0 Å². The Morgan fingerprint density at radius 1 is 1.00 bits per heavy atom. The summed E-state index contributed by atoms with van der Waals surface area (Å²) in [6.45, 7) is 0. The van der Waals surface area contributed by atoms with Crippen molar-refractivity contribution >= 4 is 44.6 Å². The highest BCUT2D eigenvalue weighted by molar-refractivity contribution is 7.19. The SMILES string of the molecule is NC(Cc1c(Cl)cccc1Cl)c1cc2ccccc2s1. The fourth-order valence-electron chi connectivity index (χ4n) is 2.23. The van der Waals surface area contributed by atoms with Gasteiger partial charge in [-0.1, -0.05) is 47.5 Å². The minimum Gasteiger partial charge on any atom is -0.323 e. The first kappa shape index (κ1) is 13.9. The van der Waals surface area contributed by atoms with Crippen LogP contribution in [0.2, 0.25) is 10.0 Å². The third-order valence-corrected chi connectivity index (χ3v) is 5.25. The number of hydrogen-bond donors (Lipinski definition) is 1. The van der Waals surface area contributed by atoms with Crippen LogP contribution in [0.1, 0.15) is 16.5 Å². The largest absolute Gasteiger partial charge is 0.323 e. The lowest BCUT2D eigenvalue weighted by molar-refractivity contribution is 0.737. The van der Waals surface area contributed by atoms with Crippen LogP contribution in [-0.2, 0) is 6.42 Å². The second-order valence-corrected chi connectivity index (χ2v) is 6.63. The number of halogens is 2. The summed E-state index contributed by atoms with van der Waals surface area (Å²) < 4.78 is 1.25. The van der Waals surface area contributed by atoms with E-state index in [4.69, 9.17) is 28.9 Å². The topological polar surface area (TPSA) is 26.0 Å². The summed E-state index contributed by atoms with van der Waals surface area (Å²) in [6.07, 6.45) is 0.644. The molecule has 2 N–H and O–H groups in total. The Morgan fingerprint density at radius 3 is 2.40 bits per heavy atom. The molecule has 2 aromatic carbocycles. The fourth-order valence-corrected chi connectivity index (χ4v) is 3.85. The van der Waals surface area contributed by atoms with Gasteiger partial charge in [0.05, 0.1) is 0 Å². The molecule has 0 saturated carbocycles. The van der Waals surface area contributed by atoms with Gasteiger partial charge in [-0.3, -0.25) is 0 Å². The zero-order valence-electron chi connectivity index (χ0n) is 10.6. The third kappa shape index (κ3) is 2.70. The molecule has 1 atom stereocenters. The van der Waals surface area contributed by atoms with Crippen molar-refractivity contribution in [1.29, 1.82) is 0 Å². The molecular weight excluding hydrogens is 309 g/mol. The van der Waals surface area contributed by atoms with Gasteiger partial charge >= 0.3 is 0 Å². The Kier molecular flexibility index (Phi) is 3.99. The summed E-state index contributed by atoms with van der Waals surface area (Å²) in [6, 6.07) is 15.9. The van der Waals surface area contributed by atoms with Crippen molar-refractivity contribution in [3.05, 3.63) is 69.0 Å². The second kappa shape index (κ2) is 5.74. The standard InChI is InChI=1S/C16H13Cl2NS/c17-12-5-3-6-13(18)11(12)9-14(19)16-8-10-4-1-2-7-15(10)20-16/h1-8,14H,9,19H2. The van der Waals surface area contributed by atoms with Crippen LogP contribution in [0.25, 0.3) is 10.1 Å². The molecule has 20 heavy (non-hydrogen) atoms. The average Bonchev–Trinajstić information content (AvgIpc) is 2.87. The summed E-state index contributed by atoms with van der Waals surface area (Å²) in [5.74, 6) is 0. The molecule has 0 aliphatic heterocycles. The Balaban J connectivity index is 1.91. The molecule has 1 nitrogen and oxygen atoms in total. The molecule has 0 aliphatic rings. The highest BCUT2D eigenvalue weighted by Crippen LogP contribution is 2.33. The van der Waals surface area contributed by atoms with Crippen LogP contribution < -0.4 is 5.73 Å². The molecule has 0 radical (unpaired) electrons. The van der Waals surface area contributed by atoms with Gasteiger partial charge in [0, 0.05) is 25.7 Å². The second-order valence-electron chi connectivity index (χ2n) is 4.70. The van der Waals surface area contributed by atoms with E-state index < -0.39 is 0 Å². The molecule has 0 aliphatic carbocycles. The first-order valence-electron chi connectivity index (χ1n) is 6.32. The predicted octanol–water partition coefficient (Wildman–Crippen LogP) is 5.45. The summed E-state index contributed by atoms with van der Waals surface area (Å²) in [5.41, 5.74) is 7.24. The number of benzene rings is 2. The van der Waals surface area contributed by atoms with Crippen molar-refractivity contribution in [2.24, 2.45) is 5.73 Å². The average molecular weight is 322 g/mol. The van der Waals surface area contributed by atoms with Crippen LogP contribution in [0.5, 0.6) is 0 Å². The van der Waals surface area contributed by atoms with E-state index in [1.165, 1.54) is 10.1 Å². The molecule has 0 spiro atoms. The van der Waals surface area contributed by atoms with E-state index in [1.54, 1.807) is 11.3 Å². The van der Waals surface area contributed by atoms with Gasteiger partial charge in [0.15, 0.2) is 0 Å². The van der Waals surface area contributed by atoms with Crippen molar-refractivity contribution in [3.63, 3.8) is 0 Å². The lowest BCUT2D eigenvalue weighted by Crippen LogP contribution is -2.12. The lowest BCUT2D eigenvalue weighted by Gasteiger charge is -2.12. The highest BCUT2D eigenvalue weighted by Gasteiger charge is 2.14. The number of hydrogen-bond acceptors (Lipinski definition) is 2. The van der Waals surface area contributed by atoms with Crippen molar-refractivity contribution in [1.82, 2.24) is 0 Å². The van der Waals surface area contributed by atoms with Crippen LogP contribution in [0.15, 0.2) is 48.5 Å². The van der Waals surface area contributed by atoms with Gasteiger partial charge in [-0.15, -0.1) is 11.3 Å². The predicted molar refractivity (Wildman–Crippen MR) is 88.9 cm³/mol. The summed E-state index contributed by atoms with van der Waals surface area (Å²) in [4.78, 5) is 1.15. The Hall–Kier alpha value is -1.06. The quantitative estimate of drug-likeness (QED) is 0.681. The summed E-state index contributed by atoms with van der Waals surface area (Å²) in [5, 5.41) is 2.58. The van der Waals surface area contributed by atoms with E-state index in [0.717, 1.165) is 10.4 Å². The maximum atomic E-state index is 6.32. The van der Waals surface area contributed by atoms with E-state index in [1.807, 2.05) is 30.3 Å². The molecule has 4 heteroatoms. The third-order valence-electron chi connectivity index (χ3n) is 3.30. The van der Waals surface area contributed by atoms with Crippen LogP contribution in [-0.4, -0.2) is 0 Å². The first-order valence-corrected chi connectivity index (χ1v) is 7.89. The molecule has 0 saturated heterocycles. The first-order chi connectivity index (χ1) is 9.65. The van der Waals surface area contributed by atoms with Crippen LogP contribution in [0.4, 0.5) is 0 Å². The maximum Gasteiger partial charge on any atom is 0.0453 e. The summed E-state index contributed by atoms with van der Waals surface area (Å²) in [7, 11) is 0. The van der Waals surface area contributed by atoms with Gasteiger partial charge in [-0.25, -0.2) is 0 Å². The van der Waals surface area contributed by atoms with E-state index in [0.29, 0.717) is 16.5 Å². The van der Waals surface area contributed by atoms with Gasteiger partial charge in [0.25, 0.3) is 0 Å². The Labute approximate surface area is 131 Å². The highest BCUT2D eigenvalue weighted by atomic mass is 35.5. The van der Waals surface area contributed by atoms with Crippen LogP contribution in [0.3, 0.4) is 0 Å². The zero-order chi connectivity index (χ0) is 14.1. The van der Waals surface area contributed by atoms with E-state index >= 15 is 0 Å². The van der Waals surface area contributed by atoms with Crippen molar-refractivity contribution in [2.75, 3.05) is 0 Å². The monoisotopic (exact) mass is 321 g/mol. The number of thiophene rings is 1. The van der Waals surface area contributed by atoms with Gasteiger partial charge < -0.3 is 5.73 Å². The van der Waals surface area contributed by atoms with Gasteiger partial charge in [-0.2, -0.15) is 0 Å². The number of rotatable bonds is 3. The fraction of sp³-hybridized carbons (Fsp3) is 0.125. The molecule has 3 aromatic rings. The lowest BCUT2D eigenvalue weighted by atomic mass is 10.0. The molecule has 0 fully saturated rings. The molecule has 3 rings (SSSR count). The minimum atomic E-state index is -0.0928. The smallest absolute Gasteiger partial charge is 0.0453 e. The van der Waals surface area contributed by atoms with Gasteiger partial charge in [-0.05, 0) is 41.6 Å². The Bertz CT molecular complexity index is 698. The van der Waals surface area contributed by atoms with Gasteiger partial charge in [0.2, 0.25) is 0 Å². The molecule has 1 unspecified atom stereocenters. The molecule has 1 heterocycles. The molecule has 0 amide bonds. The number of nitrogens with two attached hydrogens (primary N) is 1. The summed E-state index contributed by atoms with van der Waals surface area (Å²) >= 11 is 14.1. The van der Waals surface area contributed by atoms with Crippen LogP contribution in [0, 0.1) is 0 Å². The molecule has 0 bridgehead atoms. The minimum absolute atomic E-state index is 0.0928. The molecule has 1 aromatic heterocycles. The zero-order valence-corrected chi connectivity index (χ0v) is 13.0. The maximum absolute atomic E-state index is 6.32. The van der Waals surface area contributed by atoms with Gasteiger partial charge in [0.1, 0.15) is 0 Å².